The second-order valence-electron chi connectivity index (χ2n) is 4.74. The van der Waals surface area contributed by atoms with Crippen LogP contribution in [0.3, 0.4) is 0 Å². The summed E-state index contributed by atoms with van der Waals surface area (Å²) in [6.45, 7) is 5.51. The average Bonchev–Trinajstić information content (AvgIpc) is 2.97. The minimum Gasteiger partial charge on any atom is -0.293 e. The van der Waals surface area contributed by atoms with Crippen molar-refractivity contribution in [3.63, 3.8) is 0 Å². The molecular weight excluding hydrogens is 422 g/mol. The molecule has 0 bridgehead atoms. The van der Waals surface area contributed by atoms with Gasteiger partial charge in [0.25, 0.3) is 0 Å². The molecule has 0 aliphatic carbocycles. The highest BCUT2D eigenvalue weighted by Gasteiger charge is 2.19. The van der Waals surface area contributed by atoms with E-state index in [0.717, 1.165) is 19.7 Å². The standard InChI is InChI=1S/C14H15Br2NOS2/c1-9(2)17(7-10-4-3-5-19-10)8-12(18)11-6-13(15)20-14(11)16/h3-6,9H,7-8H2,1-2H3. The van der Waals surface area contributed by atoms with Crippen LogP contribution in [0.2, 0.25) is 0 Å². The first-order valence-electron chi connectivity index (χ1n) is 6.22. The topological polar surface area (TPSA) is 20.3 Å². The lowest BCUT2D eigenvalue weighted by Crippen LogP contribution is -2.35. The van der Waals surface area contributed by atoms with Crippen LogP contribution in [0.5, 0.6) is 0 Å². The smallest absolute Gasteiger partial charge is 0.178 e. The fourth-order valence-electron chi connectivity index (χ4n) is 1.82. The number of halogens is 2. The van der Waals surface area contributed by atoms with Gasteiger partial charge in [0.05, 0.1) is 14.1 Å². The molecular formula is C14H15Br2NOS2. The molecule has 2 rings (SSSR count). The lowest BCUT2D eigenvalue weighted by atomic mass is 10.2. The summed E-state index contributed by atoms with van der Waals surface area (Å²) >= 11 is 10.1. The molecule has 2 aromatic heterocycles. The molecule has 0 N–H and O–H groups in total. The Hall–Kier alpha value is -0.0100. The largest absolute Gasteiger partial charge is 0.293 e. The van der Waals surface area contributed by atoms with E-state index in [0.29, 0.717) is 12.6 Å². The van der Waals surface area contributed by atoms with Gasteiger partial charge in [-0.25, -0.2) is 0 Å². The van der Waals surface area contributed by atoms with Gasteiger partial charge >= 0.3 is 0 Å². The first-order chi connectivity index (χ1) is 9.47. The molecule has 0 aliphatic rings. The second kappa shape index (κ2) is 7.31. The molecule has 2 aromatic rings. The van der Waals surface area contributed by atoms with Gasteiger partial charge in [0.1, 0.15) is 0 Å². The van der Waals surface area contributed by atoms with Gasteiger partial charge < -0.3 is 0 Å². The molecule has 0 amide bonds. The van der Waals surface area contributed by atoms with Crippen LogP contribution in [-0.4, -0.2) is 23.3 Å². The summed E-state index contributed by atoms with van der Waals surface area (Å²) in [7, 11) is 0. The van der Waals surface area contributed by atoms with Gasteiger partial charge in [-0.2, -0.15) is 0 Å². The van der Waals surface area contributed by atoms with E-state index in [1.165, 1.54) is 16.2 Å². The Kier molecular flexibility index (Phi) is 5.98. The fourth-order valence-corrected chi connectivity index (χ4v) is 5.41. The Morgan fingerprint density at radius 2 is 2.15 bits per heavy atom. The van der Waals surface area contributed by atoms with Crippen molar-refractivity contribution < 1.29 is 4.79 Å². The SMILES string of the molecule is CC(C)N(CC(=O)c1cc(Br)sc1Br)Cc1cccs1. The van der Waals surface area contributed by atoms with Crippen molar-refractivity contribution in [2.45, 2.75) is 26.4 Å². The maximum Gasteiger partial charge on any atom is 0.178 e. The number of carbonyl (C=O) groups excluding carboxylic acids is 1. The van der Waals surface area contributed by atoms with E-state index in [4.69, 9.17) is 0 Å². The molecule has 0 saturated heterocycles. The molecule has 0 aromatic carbocycles. The monoisotopic (exact) mass is 435 g/mol. The highest BCUT2D eigenvalue weighted by Crippen LogP contribution is 2.32. The third-order valence-corrected chi connectivity index (χ3v) is 6.17. The van der Waals surface area contributed by atoms with Crippen molar-refractivity contribution in [1.29, 1.82) is 0 Å². The number of rotatable bonds is 6. The Morgan fingerprint density at radius 3 is 2.65 bits per heavy atom. The normalized spacial score (nSPS) is 11.5. The van der Waals surface area contributed by atoms with E-state index in [-0.39, 0.29) is 5.78 Å². The maximum atomic E-state index is 12.4. The van der Waals surface area contributed by atoms with Gasteiger partial charge in [0.2, 0.25) is 0 Å². The molecule has 20 heavy (non-hydrogen) atoms. The fraction of sp³-hybridized carbons (Fsp3) is 0.357. The van der Waals surface area contributed by atoms with Crippen LogP contribution in [0.15, 0.2) is 31.2 Å². The zero-order valence-electron chi connectivity index (χ0n) is 11.2. The van der Waals surface area contributed by atoms with Crippen LogP contribution in [0.4, 0.5) is 0 Å². The molecule has 0 radical (unpaired) electrons. The molecule has 0 atom stereocenters. The van der Waals surface area contributed by atoms with E-state index in [1.807, 2.05) is 12.1 Å². The van der Waals surface area contributed by atoms with E-state index in [1.54, 1.807) is 11.3 Å². The van der Waals surface area contributed by atoms with Gasteiger partial charge in [-0.15, -0.1) is 22.7 Å². The summed E-state index contributed by atoms with van der Waals surface area (Å²) in [5, 5.41) is 2.07. The Balaban J connectivity index is 2.08. The number of carbonyl (C=O) groups is 1. The Bertz CT molecular complexity index is 578. The van der Waals surface area contributed by atoms with Crippen LogP contribution < -0.4 is 0 Å². The minimum atomic E-state index is 0.157. The van der Waals surface area contributed by atoms with Gasteiger partial charge in [-0.3, -0.25) is 9.69 Å². The van der Waals surface area contributed by atoms with Crippen molar-refractivity contribution >= 4 is 60.3 Å². The van der Waals surface area contributed by atoms with Gasteiger partial charge in [0, 0.05) is 23.0 Å². The third-order valence-electron chi connectivity index (χ3n) is 2.97. The van der Waals surface area contributed by atoms with E-state index in [9.17, 15) is 4.79 Å². The number of nitrogens with zero attached hydrogens (tertiary/aromatic N) is 1. The summed E-state index contributed by atoms with van der Waals surface area (Å²) in [5.74, 6) is 0.157. The molecule has 0 unspecified atom stereocenters. The van der Waals surface area contributed by atoms with Gasteiger partial charge in [-0.1, -0.05) is 6.07 Å². The first-order valence-corrected chi connectivity index (χ1v) is 9.50. The van der Waals surface area contributed by atoms with Crippen LogP contribution in [0, 0.1) is 0 Å². The van der Waals surface area contributed by atoms with Crippen molar-refractivity contribution in [3.8, 4) is 0 Å². The highest BCUT2D eigenvalue weighted by atomic mass is 79.9. The highest BCUT2D eigenvalue weighted by molar-refractivity contribution is 9.12. The lowest BCUT2D eigenvalue weighted by Gasteiger charge is -2.25. The number of ketones is 1. The average molecular weight is 437 g/mol. The Labute approximate surface area is 144 Å². The van der Waals surface area contributed by atoms with Crippen LogP contribution in [0.1, 0.15) is 29.1 Å². The molecule has 6 heteroatoms. The van der Waals surface area contributed by atoms with E-state index in [2.05, 4.69) is 62.1 Å². The minimum absolute atomic E-state index is 0.157. The van der Waals surface area contributed by atoms with Crippen LogP contribution in [-0.2, 0) is 6.54 Å². The maximum absolute atomic E-state index is 12.4. The molecule has 0 saturated carbocycles. The number of thiophene rings is 2. The summed E-state index contributed by atoms with van der Waals surface area (Å²) in [5.41, 5.74) is 0.763. The van der Waals surface area contributed by atoms with Crippen LogP contribution >= 0.6 is 54.5 Å². The summed E-state index contributed by atoms with van der Waals surface area (Å²) < 4.78 is 1.87. The zero-order valence-corrected chi connectivity index (χ0v) is 16.0. The van der Waals surface area contributed by atoms with Crippen molar-refractivity contribution in [2.75, 3.05) is 6.54 Å². The van der Waals surface area contributed by atoms with Crippen molar-refractivity contribution in [3.05, 3.63) is 41.6 Å². The summed E-state index contributed by atoms with van der Waals surface area (Å²) in [6, 6.07) is 6.39. The predicted octanol–water partition coefficient (Wildman–Crippen LogP) is 5.43. The van der Waals surface area contributed by atoms with Crippen LogP contribution in [0.25, 0.3) is 0 Å². The van der Waals surface area contributed by atoms with Gasteiger partial charge in [0.15, 0.2) is 5.78 Å². The van der Waals surface area contributed by atoms with E-state index >= 15 is 0 Å². The molecule has 0 aliphatic heterocycles. The van der Waals surface area contributed by atoms with Gasteiger partial charge in [-0.05, 0) is 63.2 Å². The zero-order chi connectivity index (χ0) is 14.7. The quantitative estimate of drug-likeness (QED) is 0.562. The van der Waals surface area contributed by atoms with Crippen molar-refractivity contribution in [2.24, 2.45) is 0 Å². The first kappa shape index (κ1) is 16.4. The summed E-state index contributed by atoms with van der Waals surface area (Å²) in [4.78, 5) is 15.9. The number of hydrogen-bond acceptors (Lipinski definition) is 4. The summed E-state index contributed by atoms with van der Waals surface area (Å²) in [6.07, 6.45) is 0. The predicted molar refractivity (Wildman–Crippen MR) is 93.9 cm³/mol. The number of Topliss-reactive ketones (excluding diaryl/α,β-unsaturated/α-hetero) is 1. The molecule has 2 nitrogen and oxygen atoms in total. The van der Waals surface area contributed by atoms with E-state index < -0.39 is 0 Å². The molecule has 0 fully saturated rings. The molecule has 2 heterocycles. The third kappa shape index (κ3) is 4.24. The molecule has 0 spiro atoms. The molecule has 108 valence electrons. The Morgan fingerprint density at radius 1 is 1.40 bits per heavy atom. The number of hydrogen-bond donors (Lipinski definition) is 0. The van der Waals surface area contributed by atoms with Crippen molar-refractivity contribution in [1.82, 2.24) is 4.90 Å². The lowest BCUT2D eigenvalue weighted by molar-refractivity contribution is 0.0899. The second-order valence-corrected chi connectivity index (χ2v) is 9.52.